The SMILES string of the molecule is CC(=O)c1ccc(OCCC2CO2)cc1. The molecule has 0 aromatic heterocycles. The lowest BCUT2D eigenvalue weighted by atomic mass is 10.1. The number of ether oxygens (including phenoxy) is 2. The molecule has 1 fully saturated rings. The zero-order valence-electron chi connectivity index (χ0n) is 8.73. The third-order valence-corrected chi connectivity index (χ3v) is 2.37. The Morgan fingerprint density at radius 1 is 1.47 bits per heavy atom. The Kier molecular flexibility index (Phi) is 3.02. The molecule has 0 saturated carbocycles. The van der Waals surface area contributed by atoms with Crippen molar-refractivity contribution in [2.24, 2.45) is 0 Å². The van der Waals surface area contributed by atoms with Gasteiger partial charge in [-0.25, -0.2) is 0 Å². The van der Waals surface area contributed by atoms with E-state index in [9.17, 15) is 4.79 Å². The van der Waals surface area contributed by atoms with Crippen LogP contribution in [0.25, 0.3) is 0 Å². The van der Waals surface area contributed by atoms with Gasteiger partial charge in [-0.3, -0.25) is 4.79 Å². The molecule has 1 aromatic carbocycles. The van der Waals surface area contributed by atoms with Crippen LogP contribution in [0.15, 0.2) is 24.3 Å². The minimum absolute atomic E-state index is 0.0768. The normalized spacial score (nSPS) is 18.6. The van der Waals surface area contributed by atoms with Crippen molar-refractivity contribution in [3.8, 4) is 5.75 Å². The topological polar surface area (TPSA) is 38.8 Å². The van der Waals surface area contributed by atoms with Gasteiger partial charge in [0.1, 0.15) is 5.75 Å². The summed E-state index contributed by atoms with van der Waals surface area (Å²) in [6.07, 6.45) is 1.34. The molecular formula is C12H14O3. The second-order valence-corrected chi connectivity index (χ2v) is 3.67. The number of epoxide rings is 1. The van der Waals surface area contributed by atoms with Crippen molar-refractivity contribution < 1.29 is 14.3 Å². The van der Waals surface area contributed by atoms with Crippen LogP contribution in [0, 0.1) is 0 Å². The lowest BCUT2D eigenvalue weighted by Gasteiger charge is -2.04. The van der Waals surface area contributed by atoms with Crippen LogP contribution in [-0.2, 0) is 4.74 Å². The summed E-state index contributed by atoms with van der Waals surface area (Å²) in [5, 5.41) is 0. The first kappa shape index (κ1) is 10.2. The maximum atomic E-state index is 11.0. The molecular weight excluding hydrogens is 192 g/mol. The second kappa shape index (κ2) is 4.45. The van der Waals surface area contributed by atoms with Gasteiger partial charge in [0, 0.05) is 12.0 Å². The van der Waals surface area contributed by atoms with Crippen molar-refractivity contribution in [3.05, 3.63) is 29.8 Å². The lowest BCUT2D eigenvalue weighted by Crippen LogP contribution is -2.01. The molecule has 1 saturated heterocycles. The van der Waals surface area contributed by atoms with Crippen LogP contribution in [0.3, 0.4) is 0 Å². The third kappa shape index (κ3) is 3.06. The van der Waals surface area contributed by atoms with Crippen LogP contribution >= 0.6 is 0 Å². The van der Waals surface area contributed by atoms with Crippen LogP contribution in [-0.4, -0.2) is 25.1 Å². The fraction of sp³-hybridized carbons (Fsp3) is 0.417. The van der Waals surface area contributed by atoms with Crippen molar-refractivity contribution in [1.82, 2.24) is 0 Å². The van der Waals surface area contributed by atoms with E-state index in [0.717, 1.165) is 18.8 Å². The largest absolute Gasteiger partial charge is 0.493 e. The molecule has 0 aliphatic carbocycles. The number of rotatable bonds is 5. The van der Waals surface area contributed by atoms with E-state index in [2.05, 4.69) is 0 Å². The molecule has 0 radical (unpaired) electrons. The number of hydrogen-bond acceptors (Lipinski definition) is 3. The minimum Gasteiger partial charge on any atom is -0.493 e. The van der Waals surface area contributed by atoms with Gasteiger partial charge < -0.3 is 9.47 Å². The van der Waals surface area contributed by atoms with Crippen molar-refractivity contribution in [1.29, 1.82) is 0 Å². The smallest absolute Gasteiger partial charge is 0.159 e. The Bertz CT molecular complexity index is 338. The summed E-state index contributed by atoms with van der Waals surface area (Å²) in [5.74, 6) is 0.883. The van der Waals surface area contributed by atoms with Gasteiger partial charge in [-0.15, -0.1) is 0 Å². The highest BCUT2D eigenvalue weighted by atomic mass is 16.6. The van der Waals surface area contributed by atoms with Crippen molar-refractivity contribution in [3.63, 3.8) is 0 Å². The highest BCUT2D eigenvalue weighted by molar-refractivity contribution is 5.94. The highest BCUT2D eigenvalue weighted by Gasteiger charge is 2.21. The van der Waals surface area contributed by atoms with E-state index in [4.69, 9.17) is 9.47 Å². The van der Waals surface area contributed by atoms with Gasteiger partial charge in [-0.05, 0) is 31.2 Å². The summed E-state index contributed by atoms with van der Waals surface area (Å²) >= 11 is 0. The van der Waals surface area contributed by atoms with Gasteiger partial charge >= 0.3 is 0 Å². The first-order chi connectivity index (χ1) is 7.25. The average molecular weight is 206 g/mol. The molecule has 15 heavy (non-hydrogen) atoms. The molecule has 3 heteroatoms. The maximum Gasteiger partial charge on any atom is 0.159 e. The number of ketones is 1. The molecule has 1 aliphatic heterocycles. The van der Waals surface area contributed by atoms with Crippen LogP contribution < -0.4 is 4.74 Å². The molecule has 0 spiro atoms. The monoisotopic (exact) mass is 206 g/mol. The quantitative estimate of drug-likeness (QED) is 0.546. The van der Waals surface area contributed by atoms with Crippen LogP contribution in [0.5, 0.6) is 5.75 Å². The van der Waals surface area contributed by atoms with Gasteiger partial charge in [0.15, 0.2) is 5.78 Å². The van der Waals surface area contributed by atoms with Gasteiger partial charge in [-0.1, -0.05) is 0 Å². The van der Waals surface area contributed by atoms with Crippen LogP contribution in [0.2, 0.25) is 0 Å². The molecule has 0 N–H and O–H groups in total. The summed E-state index contributed by atoms with van der Waals surface area (Å²) in [7, 11) is 0. The number of carbonyl (C=O) groups excluding carboxylic acids is 1. The Morgan fingerprint density at radius 3 is 2.67 bits per heavy atom. The van der Waals surface area contributed by atoms with E-state index in [-0.39, 0.29) is 5.78 Å². The Hall–Kier alpha value is -1.35. The third-order valence-electron chi connectivity index (χ3n) is 2.37. The van der Waals surface area contributed by atoms with Crippen molar-refractivity contribution in [2.75, 3.05) is 13.2 Å². The Labute approximate surface area is 89.0 Å². The van der Waals surface area contributed by atoms with Crippen LogP contribution in [0.4, 0.5) is 0 Å². The van der Waals surface area contributed by atoms with E-state index in [0.29, 0.717) is 18.3 Å². The summed E-state index contributed by atoms with van der Waals surface area (Å²) in [5.41, 5.74) is 0.716. The lowest BCUT2D eigenvalue weighted by molar-refractivity contribution is 0.101. The number of benzene rings is 1. The van der Waals surface area contributed by atoms with Crippen LogP contribution in [0.1, 0.15) is 23.7 Å². The number of carbonyl (C=O) groups is 1. The molecule has 1 aromatic rings. The molecule has 2 rings (SSSR count). The van der Waals surface area contributed by atoms with Gasteiger partial charge in [0.05, 0.1) is 19.3 Å². The average Bonchev–Trinajstić information content (AvgIpc) is 3.02. The summed E-state index contributed by atoms with van der Waals surface area (Å²) in [6.45, 7) is 3.09. The number of hydrogen-bond donors (Lipinski definition) is 0. The maximum absolute atomic E-state index is 11.0. The van der Waals surface area contributed by atoms with Crippen molar-refractivity contribution in [2.45, 2.75) is 19.4 Å². The molecule has 1 atom stereocenters. The van der Waals surface area contributed by atoms with E-state index < -0.39 is 0 Å². The predicted octanol–water partition coefficient (Wildman–Crippen LogP) is 2.06. The highest BCUT2D eigenvalue weighted by Crippen LogP contribution is 2.16. The summed E-state index contributed by atoms with van der Waals surface area (Å²) < 4.78 is 10.6. The van der Waals surface area contributed by atoms with E-state index >= 15 is 0 Å². The fourth-order valence-corrected chi connectivity index (χ4v) is 1.33. The molecule has 3 nitrogen and oxygen atoms in total. The Morgan fingerprint density at radius 2 is 2.13 bits per heavy atom. The van der Waals surface area contributed by atoms with Gasteiger partial charge in [-0.2, -0.15) is 0 Å². The molecule has 80 valence electrons. The van der Waals surface area contributed by atoms with Gasteiger partial charge in [0.2, 0.25) is 0 Å². The zero-order chi connectivity index (χ0) is 10.7. The molecule has 1 aliphatic rings. The van der Waals surface area contributed by atoms with Gasteiger partial charge in [0.25, 0.3) is 0 Å². The molecule has 1 heterocycles. The number of Topliss-reactive ketones (excluding diaryl/α,β-unsaturated/α-hetero) is 1. The zero-order valence-corrected chi connectivity index (χ0v) is 8.73. The van der Waals surface area contributed by atoms with E-state index in [1.54, 1.807) is 19.1 Å². The van der Waals surface area contributed by atoms with E-state index in [1.807, 2.05) is 12.1 Å². The van der Waals surface area contributed by atoms with Crippen molar-refractivity contribution >= 4 is 5.78 Å². The molecule has 0 bridgehead atoms. The first-order valence-corrected chi connectivity index (χ1v) is 5.11. The standard InChI is InChI=1S/C12H14O3/c1-9(13)10-2-4-11(5-3-10)14-7-6-12-8-15-12/h2-5,12H,6-8H2,1H3. The second-order valence-electron chi connectivity index (χ2n) is 3.67. The predicted molar refractivity (Wildman–Crippen MR) is 56.3 cm³/mol. The van der Waals surface area contributed by atoms with E-state index in [1.165, 1.54) is 0 Å². The molecule has 0 amide bonds. The molecule has 1 unspecified atom stereocenters. The summed E-state index contributed by atoms with van der Waals surface area (Å²) in [6, 6.07) is 7.21. The fourth-order valence-electron chi connectivity index (χ4n) is 1.33. The first-order valence-electron chi connectivity index (χ1n) is 5.11. The summed E-state index contributed by atoms with van der Waals surface area (Å²) in [4.78, 5) is 11.0. The Balaban J connectivity index is 1.83. The minimum atomic E-state index is 0.0768.